The van der Waals surface area contributed by atoms with E-state index in [-0.39, 0.29) is 16.2 Å². The van der Waals surface area contributed by atoms with Crippen molar-refractivity contribution in [2.45, 2.75) is 123 Å². The zero-order chi connectivity index (χ0) is 22.9. The standard InChI is InChI=1S/C28H45NOSi/c1-9-11-13-14-18-22-21-17-15-16-19-23(21)29-25-24(20-12-10-2)30-31(26(22)25,27(3,4)5)28(6,7)8/h15-17,19,24H,9-14,18,20H2,1-8H3. The molecule has 2 heterocycles. The van der Waals surface area contributed by atoms with Gasteiger partial charge in [-0.2, -0.15) is 0 Å². The number of unbranched alkanes of at least 4 members (excludes halogenated alkanes) is 4. The molecule has 172 valence electrons. The van der Waals surface area contributed by atoms with E-state index in [4.69, 9.17) is 9.41 Å². The molecule has 0 aliphatic carbocycles. The largest absolute Gasteiger partial charge is 0.403 e. The summed E-state index contributed by atoms with van der Waals surface area (Å²) in [5, 5.41) is 3.12. The first-order valence-corrected chi connectivity index (χ1v) is 14.6. The summed E-state index contributed by atoms with van der Waals surface area (Å²) in [7, 11) is -2.36. The molecule has 3 heteroatoms. The van der Waals surface area contributed by atoms with Crippen LogP contribution in [0.2, 0.25) is 10.1 Å². The van der Waals surface area contributed by atoms with Gasteiger partial charge in [-0.25, -0.2) is 0 Å². The lowest BCUT2D eigenvalue weighted by atomic mass is 9.98. The van der Waals surface area contributed by atoms with Crippen LogP contribution in [-0.4, -0.2) is 13.3 Å². The van der Waals surface area contributed by atoms with E-state index < -0.39 is 8.32 Å². The molecule has 0 amide bonds. The lowest BCUT2D eigenvalue weighted by molar-refractivity contribution is 0.171. The normalized spacial score (nSPS) is 18.5. The van der Waals surface area contributed by atoms with Crippen molar-refractivity contribution >= 4 is 24.4 Å². The second kappa shape index (κ2) is 9.35. The van der Waals surface area contributed by atoms with Crippen LogP contribution in [0.25, 0.3) is 10.9 Å². The molecule has 0 saturated carbocycles. The second-order valence-corrected chi connectivity index (χ2v) is 16.7. The van der Waals surface area contributed by atoms with Gasteiger partial charge in [-0.3, -0.25) is 4.98 Å². The van der Waals surface area contributed by atoms with Gasteiger partial charge in [0.05, 0.1) is 17.3 Å². The zero-order valence-corrected chi connectivity index (χ0v) is 22.4. The van der Waals surface area contributed by atoms with E-state index in [0.29, 0.717) is 0 Å². The van der Waals surface area contributed by atoms with Crippen LogP contribution in [-0.2, 0) is 10.8 Å². The number of hydrogen-bond donors (Lipinski definition) is 0. The van der Waals surface area contributed by atoms with Crippen LogP contribution in [0.4, 0.5) is 0 Å². The Morgan fingerprint density at radius 1 is 0.871 bits per heavy atom. The van der Waals surface area contributed by atoms with E-state index >= 15 is 0 Å². The minimum absolute atomic E-state index is 0.100. The Kier molecular flexibility index (Phi) is 7.37. The maximum atomic E-state index is 7.37. The van der Waals surface area contributed by atoms with E-state index in [0.717, 1.165) is 18.4 Å². The highest BCUT2D eigenvalue weighted by molar-refractivity contribution is 6.92. The molecule has 1 unspecified atom stereocenters. The van der Waals surface area contributed by atoms with Crippen molar-refractivity contribution in [3.05, 3.63) is 35.5 Å². The molecule has 0 spiro atoms. The molecule has 1 aliphatic rings. The number of pyridine rings is 1. The summed E-state index contributed by atoms with van der Waals surface area (Å²) in [5.41, 5.74) is 4.01. The fraction of sp³-hybridized carbons (Fsp3) is 0.679. The van der Waals surface area contributed by atoms with Crippen molar-refractivity contribution in [1.82, 2.24) is 4.98 Å². The minimum atomic E-state index is -2.36. The van der Waals surface area contributed by atoms with E-state index in [1.54, 1.807) is 10.8 Å². The predicted molar refractivity (Wildman–Crippen MR) is 138 cm³/mol. The summed E-state index contributed by atoms with van der Waals surface area (Å²) >= 11 is 0. The maximum Gasteiger partial charge on any atom is 0.237 e. The molecule has 1 atom stereocenters. The fourth-order valence-corrected chi connectivity index (χ4v) is 12.6. The van der Waals surface area contributed by atoms with Gasteiger partial charge in [-0.15, -0.1) is 0 Å². The molecular formula is C28H45NOSi. The van der Waals surface area contributed by atoms with Crippen LogP contribution in [0, 0.1) is 0 Å². The average Bonchev–Trinajstić information content (AvgIpc) is 3.04. The van der Waals surface area contributed by atoms with E-state index in [1.165, 1.54) is 49.6 Å². The summed E-state index contributed by atoms with van der Waals surface area (Å²) in [6.45, 7) is 19.1. The number of fused-ring (bicyclic) bond motifs is 2. The van der Waals surface area contributed by atoms with Crippen molar-refractivity contribution < 1.29 is 4.43 Å². The molecule has 0 fully saturated rings. The maximum absolute atomic E-state index is 7.37. The molecule has 0 radical (unpaired) electrons. The lowest BCUT2D eigenvalue weighted by Gasteiger charge is -2.49. The Hall–Kier alpha value is -1.19. The van der Waals surface area contributed by atoms with Crippen molar-refractivity contribution in [2.24, 2.45) is 0 Å². The predicted octanol–water partition coefficient (Wildman–Crippen LogP) is 8.37. The first kappa shape index (κ1) is 24.4. The van der Waals surface area contributed by atoms with Crippen LogP contribution < -0.4 is 5.19 Å². The molecule has 2 nitrogen and oxygen atoms in total. The highest BCUT2D eigenvalue weighted by atomic mass is 28.4. The number of nitrogens with zero attached hydrogens (tertiary/aromatic N) is 1. The smallest absolute Gasteiger partial charge is 0.237 e. The Bertz CT molecular complexity index is 876. The quantitative estimate of drug-likeness (QED) is 0.304. The monoisotopic (exact) mass is 439 g/mol. The van der Waals surface area contributed by atoms with Crippen molar-refractivity contribution in [2.75, 3.05) is 0 Å². The Morgan fingerprint density at radius 2 is 1.52 bits per heavy atom. The van der Waals surface area contributed by atoms with Gasteiger partial charge < -0.3 is 4.43 Å². The molecule has 0 saturated heterocycles. The Morgan fingerprint density at radius 3 is 2.13 bits per heavy atom. The van der Waals surface area contributed by atoms with Gasteiger partial charge in [0.2, 0.25) is 8.32 Å². The summed E-state index contributed by atoms with van der Waals surface area (Å²) in [4.78, 5) is 5.33. The third-order valence-electron chi connectivity index (χ3n) is 7.22. The molecular weight excluding hydrogens is 394 g/mol. The van der Waals surface area contributed by atoms with Crippen LogP contribution >= 0.6 is 0 Å². The van der Waals surface area contributed by atoms with Crippen molar-refractivity contribution in [3.63, 3.8) is 0 Å². The number of para-hydroxylation sites is 1. The first-order chi connectivity index (χ1) is 14.6. The van der Waals surface area contributed by atoms with Crippen molar-refractivity contribution in [3.8, 4) is 0 Å². The zero-order valence-electron chi connectivity index (χ0n) is 21.4. The first-order valence-electron chi connectivity index (χ1n) is 12.7. The summed E-state index contributed by atoms with van der Waals surface area (Å²) < 4.78 is 7.37. The van der Waals surface area contributed by atoms with E-state index in [1.807, 2.05) is 0 Å². The number of benzene rings is 1. The molecule has 0 N–H and O–H groups in total. The lowest BCUT2D eigenvalue weighted by Crippen LogP contribution is -2.62. The van der Waals surface area contributed by atoms with Gasteiger partial charge in [0.25, 0.3) is 0 Å². The molecule has 31 heavy (non-hydrogen) atoms. The van der Waals surface area contributed by atoms with Gasteiger partial charge in [-0.05, 0) is 46.2 Å². The molecule has 1 aliphatic heterocycles. The summed E-state index contributed by atoms with van der Waals surface area (Å²) in [6, 6.07) is 8.84. The molecule has 2 aromatic rings. The van der Waals surface area contributed by atoms with Crippen molar-refractivity contribution in [1.29, 1.82) is 0 Å². The van der Waals surface area contributed by atoms with Gasteiger partial charge in [0.1, 0.15) is 0 Å². The highest BCUT2D eigenvalue weighted by Crippen LogP contribution is 2.57. The van der Waals surface area contributed by atoms with Crippen LogP contribution in [0.5, 0.6) is 0 Å². The van der Waals surface area contributed by atoms with Gasteiger partial charge in [-0.1, -0.05) is 106 Å². The Balaban J connectivity index is 2.31. The second-order valence-electron chi connectivity index (χ2n) is 11.6. The molecule has 1 aromatic carbocycles. The fourth-order valence-electron chi connectivity index (χ4n) is 6.06. The molecule has 1 aromatic heterocycles. The number of rotatable bonds is 8. The van der Waals surface area contributed by atoms with Gasteiger partial charge in [0.15, 0.2) is 0 Å². The van der Waals surface area contributed by atoms with E-state index in [9.17, 15) is 0 Å². The van der Waals surface area contributed by atoms with E-state index in [2.05, 4.69) is 79.7 Å². The van der Waals surface area contributed by atoms with Crippen LogP contribution in [0.1, 0.15) is 118 Å². The highest BCUT2D eigenvalue weighted by Gasteiger charge is 2.63. The number of aromatic nitrogens is 1. The SMILES string of the molecule is CCCCCCc1c2c(nc3ccccc13)C(CCCC)O[Si]2(C(C)(C)C)C(C)(C)C. The van der Waals surface area contributed by atoms with Gasteiger partial charge in [0, 0.05) is 5.39 Å². The minimum Gasteiger partial charge on any atom is -0.403 e. The van der Waals surface area contributed by atoms with Crippen LogP contribution in [0.3, 0.4) is 0 Å². The summed E-state index contributed by atoms with van der Waals surface area (Å²) in [6.07, 6.45) is 9.95. The number of aryl methyl sites for hydroxylation is 1. The Labute approximate surface area is 192 Å². The molecule has 3 rings (SSSR count). The third-order valence-corrected chi connectivity index (χ3v) is 13.3. The third kappa shape index (κ3) is 4.37. The average molecular weight is 440 g/mol. The molecule has 0 bridgehead atoms. The van der Waals surface area contributed by atoms with Crippen LogP contribution in [0.15, 0.2) is 24.3 Å². The van der Waals surface area contributed by atoms with Gasteiger partial charge >= 0.3 is 0 Å². The summed E-state index contributed by atoms with van der Waals surface area (Å²) in [5.74, 6) is 0. The number of hydrogen-bond acceptors (Lipinski definition) is 2. The topological polar surface area (TPSA) is 22.1 Å².